The Labute approximate surface area is 129 Å². The van der Waals surface area contributed by atoms with Crippen LogP contribution in [-0.4, -0.2) is 9.97 Å². The number of alkyl halides is 1. The Hall–Kier alpha value is -2.13. The highest BCUT2D eigenvalue weighted by Gasteiger charge is 2.04. The van der Waals surface area contributed by atoms with Gasteiger partial charge in [0.2, 0.25) is 0 Å². The highest BCUT2D eigenvalue weighted by atomic mass is 35.5. The summed E-state index contributed by atoms with van der Waals surface area (Å²) in [6.07, 6.45) is 0. The van der Waals surface area contributed by atoms with E-state index in [0.29, 0.717) is 12.4 Å². The van der Waals surface area contributed by atoms with Crippen LogP contribution in [0.2, 0.25) is 0 Å². The Morgan fingerprint density at radius 1 is 0.952 bits per heavy atom. The van der Waals surface area contributed by atoms with Gasteiger partial charge in [0.1, 0.15) is 5.82 Å². The molecule has 2 aromatic carbocycles. The minimum absolute atomic E-state index is 0.530. The van der Waals surface area contributed by atoms with Crippen LogP contribution < -0.4 is 5.32 Å². The number of hydrogen-bond donors (Lipinski definition) is 1. The molecule has 0 amide bonds. The summed E-state index contributed by atoms with van der Waals surface area (Å²) in [7, 11) is 0. The average molecular weight is 298 g/mol. The van der Waals surface area contributed by atoms with Crippen molar-refractivity contribution in [3.63, 3.8) is 0 Å². The van der Waals surface area contributed by atoms with Crippen LogP contribution in [0, 0.1) is 6.92 Å². The molecule has 0 unspecified atom stereocenters. The number of halogens is 1. The molecule has 0 spiro atoms. The maximum absolute atomic E-state index is 5.86. The Kier molecular flexibility index (Phi) is 4.02. The topological polar surface area (TPSA) is 37.8 Å². The number of nitrogens with zero attached hydrogens (tertiary/aromatic N) is 2. The van der Waals surface area contributed by atoms with E-state index >= 15 is 0 Å². The second-order valence-electron chi connectivity index (χ2n) is 4.95. The summed E-state index contributed by atoms with van der Waals surface area (Å²) in [5, 5.41) is 3.36. The van der Waals surface area contributed by atoms with Crippen LogP contribution in [-0.2, 0) is 12.4 Å². The molecule has 0 aliphatic heterocycles. The molecule has 1 N–H and O–H groups in total. The Morgan fingerprint density at radius 3 is 2.43 bits per heavy atom. The number of rotatable bonds is 4. The largest absolute Gasteiger partial charge is 0.364 e. The summed E-state index contributed by atoms with van der Waals surface area (Å²) < 4.78 is 0. The van der Waals surface area contributed by atoms with Crippen LogP contribution in [0.25, 0.3) is 11.0 Å². The lowest BCUT2D eigenvalue weighted by molar-refractivity contribution is 1.07. The van der Waals surface area contributed by atoms with E-state index in [1.165, 1.54) is 5.56 Å². The van der Waals surface area contributed by atoms with Crippen molar-refractivity contribution in [1.82, 2.24) is 9.97 Å². The lowest BCUT2D eigenvalue weighted by Gasteiger charge is -2.10. The zero-order valence-electron chi connectivity index (χ0n) is 11.8. The monoisotopic (exact) mass is 297 g/mol. The fraction of sp³-hybridized carbons (Fsp3) is 0.176. The van der Waals surface area contributed by atoms with Gasteiger partial charge in [-0.3, -0.25) is 0 Å². The molecule has 3 rings (SSSR count). The molecule has 0 aliphatic rings. The SMILES string of the molecule is Cc1nc2ccccc2nc1NCc1cccc(CCl)c1. The average Bonchev–Trinajstić information content (AvgIpc) is 2.53. The van der Waals surface area contributed by atoms with Crippen molar-refractivity contribution in [3.05, 3.63) is 65.4 Å². The molecule has 106 valence electrons. The fourth-order valence-electron chi connectivity index (χ4n) is 2.26. The summed E-state index contributed by atoms with van der Waals surface area (Å²) in [5.74, 6) is 1.35. The molecule has 0 fully saturated rings. The summed E-state index contributed by atoms with van der Waals surface area (Å²) in [6.45, 7) is 2.68. The number of benzene rings is 2. The van der Waals surface area contributed by atoms with Gasteiger partial charge in [0.25, 0.3) is 0 Å². The molecule has 3 nitrogen and oxygen atoms in total. The third-order valence-electron chi connectivity index (χ3n) is 3.35. The van der Waals surface area contributed by atoms with Crippen LogP contribution in [0.1, 0.15) is 16.8 Å². The molecular formula is C17H16ClN3. The van der Waals surface area contributed by atoms with Crippen LogP contribution in [0.3, 0.4) is 0 Å². The van der Waals surface area contributed by atoms with E-state index in [4.69, 9.17) is 11.6 Å². The first-order valence-electron chi connectivity index (χ1n) is 6.87. The minimum Gasteiger partial charge on any atom is -0.364 e. The standard InChI is InChI=1S/C17H16ClN3/c1-12-17(21-16-8-3-2-7-15(16)20-12)19-11-14-6-4-5-13(9-14)10-18/h2-9H,10-11H2,1H3,(H,19,21). The van der Waals surface area contributed by atoms with Gasteiger partial charge in [0.15, 0.2) is 0 Å². The third kappa shape index (κ3) is 3.14. The van der Waals surface area contributed by atoms with Gasteiger partial charge in [-0.2, -0.15) is 0 Å². The molecule has 0 aliphatic carbocycles. The summed E-state index contributed by atoms with van der Waals surface area (Å²) in [6, 6.07) is 16.1. The number of aryl methyl sites for hydroxylation is 1. The number of hydrogen-bond acceptors (Lipinski definition) is 3. The molecule has 0 saturated carbocycles. The van der Waals surface area contributed by atoms with Crippen LogP contribution in [0.15, 0.2) is 48.5 Å². The summed E-state index contributed by atoms with van der Waals surface area (Å²) >= 11 is 5.86. The third-order valence-corrected chi connectivity index (χ3v) is 3.66. The summed E-state index contributed by atoms with van der Waals surface area (Å²) in [5.41, 5.74) is 5.03. The number of anilines is 1. The number of fused-ring (bicyclic) bond motifs is 1. The van der Waals surface area contributed by atoms with Crippen molar-refractivity contribution < 1.29 is 0 Å². The molecule has 1 heterocycles. The molecule has 21 heavy (non-hydrogen) atoms. The van der Waals surface area contributed by atoms with E-state index in [1.807, 2.05) is 43.3 Å². The highest BCUT2D eigenvalue weighted by Crippen LogP contribution is 2.17. The molecule has 4 heteroatoms. The first-order chi connectivity index (χ1) is 10.3. The van der Waals surface area contributed by atoms with E-state index in [9.17, 15) is 0 Å². The molecule has 0 radical (unpaired) electrons. The number of nitrogens with one attached hydrogen (secondary N) is 1. The van der Waals surface area contributed by atoms with E-state index < -0.39 is 0 Å². The van der Waals surface area contributed by atoms with Crippen molar-refractivity contribution in [2.75, 3.05) is 5.32 Å². The second-order valence-corrected chi connectivity index (χ2v) is 5.22. The fourth-order valence-corrected chi connectivity index (χ4v) is 2.43. The Morgan fingerprint density at radius 2 is 1.67 bits per heavy atom. The van der Waals surface area contributed by atoms with Gasteiger partial charge < -0.3 is 5.32 Å². The van der Waals surface area contributed by atoms with Gasteiger partial charge in [0, 0.05) is 12.4 Å². The van der Waals surface area contributed by atoms with Gasteiger partial charge in [-0.05, 0) is 30.2 Å². The van der Waals surface area contributed by atoms with Crippen molar-refractivity contribution in [2.45, 2.75) is 19.3 Å². The molecule has 0 bridgehead atoms. The van der Waals surface area contributed by atoms with Crippen molar-refractivity contribution >= 4 is 28.5 Å². The predicted octanol–water partition coefficient (Wildman–Crippen LogP) is 4.29. The molecule has 3 aromatic rings. The maximum atomic E-state index is 5.86. The van der Waals surface area contributed by atoms with Gasteiger partial charge in [-0.15, -0.1) is 11.6 Å². The molecular weight excluding hydrogens is 282 g/mol. The Bertz CT molecular complexity index is 771. The maximum Gasteiger partial charge on any atom is 0.148 e. The minimum atomic E-state index is 0.530. The van der Waals surface area contributed by atoms with E-state index in [2.05, 4.69) is 27.4 Å². The predicted molar refractivity (Wildman–Crippen MR) is 87.6 cm³/mol. The van der Waals surface area contributed by atoms with Crippen molar-refractivity contribution in [2.24, 2.45) is 0 Å². The van der Waals surface area contributed by atoms with Crippen LogP contribution in [0.5, 0.6) is 0 Å². The smallest absolute Gasteiger partial charge is 0.148 e. The van der Waals surface area contributed by atoms with E-state index in [-0.39, 0.29) is 0 Å². The normalized spacial score (nSPS) is 10.8. The van der Waals surface area contributed by atoms with Crippen LogP contribution in [0.4, 0.5) is 5.82 Å². The molecule has 1 aromatic heterocycles. The Balaban J connectivity index is 1.82. The lowest BCUT2D eigenvalue weighted by atomic mass is 10.1. The second kappa shape index (κ2) is 6.10. The lowest BCUT2D eigenvalue weighted by Crippen LogP contribution is -2.05. The van der Waals surface area contributed by atoms with Gasteiger partial charge in [0.05, 0.1) is 16.7 Å². The van der Waals surface area contributed by atoms with Crippen molar-refractivity contribution in [1.29, 1.82) is 0 Å². The number of para-hydroxylation sites is 2. The number of aromatic nitrogens is 2. The van der Waals surface area contributed by atoms with Crippen LogP contribution >= 0.6 is 11.6 Å². The first kappa shape index (κ1) is 13.8. The zero-order chi connectivity index (χ0) is 14.7. The summed E-state index contributed by atoms with van der Waals surface area (Å²) in [4.78, 5) is 9.21. The van der Waals surface area contributed by atoms with Gasteiger partial charge in [-0.1, -0.05) is 36.4 Å². The van der Waals surface area contributed by atoms with Crippen molar-refractivity contribution in [3.8, 4) is 0 Å². The van der Waals surface area contributed by atoms with Gasteiger partial charge >= 0.3 is 0 Å². The van der Waals surface area contributed by atoms with Gasteiger partial charge in [-0.25, -0.2) is 9.97 Å². The quantitative estimate of drug-likeness (QED) is 0.730. The molecule has 0 saturated heterocycles. The zero-order valence-corrected chi connectivity index (χ0v) is 12.6. The molecule has 0 atom stereocenters. The van der Waals surface area contributed by atoms with E-state index in [1.54, 1.807) is 0 Å². The highest BCUT2D eigenvalue weighted by molar-refractivity contribution is 6.17. The first-order valence-corrected chi connectivity index (χ1v) is 7.41. The van der Waals surface area contributed by atoms with E-state index in [0.717, 1.165) is 28.1 Å².